The predicted octanol–water partition coefficient (Wildman–Crippen LogP) is 2.34. The van der Waals surface area contributed by atoms with E-state index in [2.05, 4.69) is 5.32 Å². The molecule has 0 aliphatic heterocycles. The highest BCUT2D eigenvalue weighted by Crippen LogP contribution is 2.31. The summed E-state index contributed by atoms with van der Waals surface area (Å²) < 4.78 is 10.1. The Morgan fingerprint density at radius 2 is 2.15 bits per heavy atom. The molecule has 0 aliphatic rings. The van der Waals surface area contributed by atoms with Crippen molar-refractivity contribution in [3.8, 4) is 5.75 Å². The van der Waals surface area contributed by atoms with E-state index in [4.69, 9.17) is 32.7 Å². The minimum Gasteiger partial charge on any atom is -0.481 e. The van der Waals surface area contributed by atoms with E-state index < -0.39 is 0 Å². The number of hydrogen-bond donors (Lipinski definition) is 1. The lowest BCUT2D eigenvalue weighted by atomic mass is 10.2. The molecule has 0 atom stereocenters. The van der Waals surface area contributed by atoms with Crippen LogP contribution in [0.15, 0.2) is 12.1 Å². The standard InChI is InChI=1S/C13H15Cl2NO4/c1-19-4-2-3-16-12(18)8-20-13-9(7-17)5-10(14)6-11(13)15/h5-7H,2-4,8H2,1H3,(H,16,18). The smallest absolute Gasteiger partial charge is 0.257 e. The minimum absolute atomic E-state index is 0.151. The average Bonchev–Trinajstić information content (AvgIpc) is 2.41. The first-order valence-corrected chi connectivity index (χ1v) is 6.66. The zero-order chi connectivity index (χ0) is 15.0. The Kier molecular flexibility index (Phi) is 7.36. The predicted molar refractivity (Wildman–Crippen MR) is 76.8 cm³/mol. The maximum absolute atomic E-state index is 11.5. The van der Waals surface area contributed by atoms with Crippen LogP contribution in [0.5, 0.6) is 5.75 Å². The Balaban J connectivity index is 2.53. The lowest BCUT2D eigenvalue weighted by molar-refractivity contribution is -0.123. The highest BCUT2D eigenvalue weighted by Gasteiger charge is 2.12. The van der Waals surface area contributed by atoms with Gasteiger partial charge in [-0.15, -0.1) is 0 Å². The zero-order valence-electron chi connectivity index (χ0n) is 10.9. The Morgan fingerprint density at radius 1 is 1.40 bits per heavy atom. The van der Waals surface area contributed by atoms with E-state index in [0.29, 0.717) is 30.9 Å². The summed E-state index contributed by atoms with van der Waals surface area (Å²) in [6.45, 7) is 0.833. The summed E-state index contributed by atoms with van der Waals surface area (Å²) >= 11 is 11.7. The van der Waals surface area contributed by atoms with Gasteiger partial charge in [-0.3, -0.25) is 9.59 Å². The summed E-state index contributed by atoms with van der Waals surface area (Å²) in [6.07, 6.45) is 1.28. The van der Waals surface area contributed by atoms with E-state index in [1.165, 1.54) is 12.1 Å². The summed E-state index contributed by atoms with van der Waals surface area (Å²) in [6, 6.07) is 2.87. The summed E-state index contributed by atoms with van der Waals surface area (Å²) in [5.41, 5.74) is 0.203. The molecule has 0 aromatic heterocycles. The van der Waals surface area contributed by atoms with Gasteiger partial charge in [-0.2, -0.15) is 0 Å². The molecular formula is C13H15Cl2NO4. The van der Waals surface area contributed by atoms with Crippen molar-refractivity contribution >= 4 is 35.4 Å². The maximum atomic E-state index is 11.5. The molecule has 1 amide bonds. The van der Waals surface area contributed by atoms with Gasteiger partial charge in [0, 0.05) is 25.3 Å². The van der Waals surface area contributed by atoms with E-state index in [1.807, 2.05) is 0 Å². The summed E-state index contributed by atoms with van der Waals surface area (Å²) in [7, 11) is 1.59. The molecule has 1 rings (SSSR count). The molecular weight excluding hydrogens is 305 g/mol. The van der Waals surface area contributed by atoms with Gasteiger partial charge in [0.05, 0.1) is 10.6 Å². The monoisotopic (exact) mass is 319 g/mol. The van der Waals surface area contributed by atoms with Crippen LogP contribution < -0.4 is 10.1 Å². The molecule has 7 heteroatoms. The molecule has 0 radical (unpaired) electrons. The molecule has 110 valence electrons. The van der Waals surface area contributed by atoms with Gasteiger partial charge in [-0.05, 0) is 18.6 Å². The number of nitrogens with one attached hydrogen (secondary N) is 1. The average molecular weight is 320 g/mol. The highest BCUT2D eigenvalue weighted by molar-refractivity contribution is 6.36. The van der Waals surface area contributed by atoms with Crippen LogP contribution in [0.4, 0.5) is 0 Å². The number of ether oxygens (including phenoxy) is 2. The van der Waals surface area contributed by atoms with Crippen molar-refractivity contribution in [2.75, 3.05) is 26.9 Å². The van der Waals surface area contributed by atoms with E-state index in [0.717, 1.165) is 0 Å². The molecule has 1 aromatic rings. The number of rotatable bonds is 8. The first-order chi connectivity index (χ1) is 9.58. The second kappa shape index (κ2) is 8.79. The van der Waals surface area contributed by atoms with E-state index in [1.54, 1.807) is 7.11 Å². The van der Waals surface area contributed by atoms with Gasteiger partial charge in [-0.1, -0.05) is 23.2 Å². The second-order valence-corrected chi connectivity index (χ2v) is 4.75. The third-order valence-corrected chi connectivity index (χ3v) is 2.86. The lowest BCUT2D eigenvalue weighted by Gasteiger charge is -2.11. The van der Waals surface area contributed by atoms with Crippen LogP contribution in [0.1, 0.15) is 16.8 Å². The van der Waals surface area contributed by atoms with Crippen LogP contribution >= 0.6 is 23.2 Å². The Morgan fingerprint density at radius 3 is 2.80 bits per heavy atom. The van der Waals surface area contributed by atoms with Crippen molar-refractivity contribution in [3.63, 3.8) is 0 Å². The van der Waals surface area contributed by atoms with Gasteiger partial charge in [-0.25, -0.2) is 0 Å². The molecule has 0 spiro atoms. The number of aldehydes is 1. The second-order valence-electron chi connectivity index (χ2n) is 3.91. The molecule has 0 heterocycles. The fourth-order valence-electron chi connectivity index (χ4n) is 1.45. The van der Waals surface area contributed by atoms with E-state index in [-0.39, 0.29) is 28.8 Å². The van der Waals surface area contributed by atoms with Gasteiger partial charge in [0.15, 0.2) is 12.9 Å². The van der Waals surface area contributed by atoms with Gasteiger partial charge >= 0.3 is 0 Å². The van der Waals surface area contributed by atoms with Crippen molar-refractivity contribution in [3.05, 3.63) is 27.7 Å². The van der Waals surface area contributed by atoms with Crippen molar-refractivity contribution < 1.29 is 19.1 Å². The van der Waals surface area contributed by atoms with Crippen LogP contribution in [0.3, 0.4) is 0 Å². The largest absolute Gasteiger partial charge is 0.481 e. The molecule has 0 unspecified atom stereocenters. The third-order valence-electron chi connectivity index (χ3n) is 2.36. The SMILES string of the molecule is COCCCNC(=O)COc1c(Cl)cc(Cl)cc1C=O. The normalized spacial score (nSPS) is 10.2. The number of carbonyl (C=O) groups excluding carboxylic acids is 2. The fourth-order valence-corrected chi connectivity index (χ4v) is 2.02. The summed E-state index contributed by atoms with van der Waals surface area (Å²) in [4.78, 5) is 22.4. The number of carbonyl (C=O) groups is 2. The molecule has 20 heavy (non-hydrogen) atoms. The van der Waals surface area contributed by atoms with Crippen LogP contribution in [0.25, 0.3) is 0 Å². The molecule has 1 aromatic carbocycles. The molecule has 1 N–H and O–H groups in total. The quantitative estimate of drug-likeness (QED) is 0.590. The fraction of sp³-hybridized carbons (Fsp3) is 0.385. The van der Waals surface area contributed by atoms with Gasteiger partial charge < -0.3 is 14.8 Å². The van der Waals surface area contributed by atoms with Gasteiger partial charge in [0.25, 0.3) is 5.91 Å². The molecule has 0 aliphatic carbocycles. The Labute approximate surface area is 127 Å². The highest BCUT2D eigenvalue weighted by atomic mass is 35.5. The van der Waals surface area contributed by atoms with Crippen LogP contribution in [-0.2, 0) is 9.53 Å². The van der Waals surface area contributed by atoms with Gasteiger partial charge in [0.2, 0.25) is 0 Å². The number of benzene rings is 1. The first-order valence-electron chi connectivity index (χ1n) is 5.91. The van der Waals surface area contributed by atoms with E-state index >= 15 is 0 Å². The zero-order valence-corrected chi connectivity index (χ0v) is 12.5. The van der Waals surface area contributed by atoms with Crippen LogP contribution in [0, 0.1) is 0 Å². The number of methoxy groups -OCH3 is 1. The lowest BCUT2D eigenvalue weighted by Crippen LogP contribution is -2.30. The maximum Gasteiger partial charge on any atom is 0.257 e. The molecule has 0 bridgehead atoms. The molecule has 5 nitrogen and oxygen atoms in total. The van der Waals surface area contributed by atoms with Crippen molar-refractivity contribution in [2.24, 2.45) is 0 Å². The number of amides is 1. The van der Waals surface area contributed by atoms with Gasteiger partial charge in [0.1, 0.15) is 5.75 Å². The Hall–Kier alpha value is -1.30. The van der Waals surface area contributed by atoms with Crippen molar-refractivity contribution in [1.82, 2.24) is 5.32 Å². The van der Waals surface area contributed by atoms with E-state index in [9.17, 15) is 9.59 Å². The van der Waals surface area contributed by atoms with Crippen molar-refractivity contribution in [2.45, 2.75) is 6.42 Å². The first kappa shape index (κ1) is 16.8. The molecule has 0 saturated carbocycles. The Bertz CT molecular complexity index is 480. The summed E-state index contributed by atoms with van der Waals surface area (Å²) in [5.74, 6) is -0.151. The topological polar surface area (TPSA) is 64.6 Å². The third kappa shape index (κ3) is 5.36. The minimum atomic E-state index is -0.302. The van der Waals surface area contributed by atoms with Crippen molar-refractivity contribution in [1.29, 1.82) is 0 Å². The number of hydrogen-bond acceptors (Lipinski definition) is 4. The molecule has 0 saturated heterocycles. The molecule has 0 fully saturated rings. The number of halogens is 2. The van der Waals surface area contributed by atoms with Crippen LogP contribution in [-0.4, -0.2) is 39.1 Å². The summed E-state index contributed by atoms with van der Waals surface area (Å²) in [5, 5.41) is 3.17. The van der Waals surface area contributed by atoms with Crippen LogP contribution in [0.2, 0.25) is 10.0 Å².